The van der Waals surface area contributed by atoms with Gasteiger partial charge in [-0.25, -0.2) is 4.39 Å². The zero-order valence-corrected chi connectivity index (χ0v) is 12.3. The van der Waals surface area contributed by atoms with Gasteiger partial charge in [0.1, 0.15) is 5.82 Å². The minimum absolute atomic E-state index is 0.140. The van der Waals surface area contributed by atoms with Crippen LogP contribution in [-0.4, -0.2) is 30.1 Å². The summed E-state index contributed by atoms with van der Waals surface area (Å²) in [5, 5.41) is 3.52. The van der Waals surface area contributed by atoms with Gasteiger partial charge in [-0.2, -0.15) is 0 Å². The standard InChI is InChI=1S/C16H25FN2/c1-4-16(5-2)12-18-8-9-19(16)11-14-6-7-15(17)10-13(14)3/h6-7,10,18H,4-5,8-9,11-12H2,1-3H3. The lowest BCUT2D eigenvalue weighted by Crippen LogP contribution is -2.60. The molecule has 0 aromatic heterocycles. The molecule has 0 amide bonds. The Hall–Kier alpha value is -0.930. The van der Waals surface area contributed by atoms with Gasteiger partial charge in [0.05, 0.1) is 0 Å². The second-order valence-electron chi connectivity index (χ2n) is 5.60. The molecular formula is C16H25FN2. The summed E-state index contributed by atoms with van der Waals surface area (Å²) in [6, 6.07) is 5.14. The molecule has 1 fully saturated rings. The highest BCUT2D eigenvalue weighted by Gasteiger charge is 2.35. The summed E-state index contributed by atoms with van der Waals surface area (Å²) < 4.78 is 13.2. The van der Waals surface area contributed by atoms with Gasteiger partial charge in [-0.3, -0.25) is 4.90 Å². The van der Waals surface area contributed by atoms with Crippen molar-refractivity contribution in [1.82, 2.24) is 10.2 Å². The van der Waals surface area contributed by atoms with Crippen LogP contribution in [0.1, 0.15) is 37.8 Å². The SMILES string of the molecule is CCC1(CC)CNCCN1Cc1ccc(F)cc1C. The van der Waals surface area contributed by atoms with Gasteiger partial charge in [0.15, 0.2) is 0 Å². The molecule has 0 radical (unpaired) electrons. The molecule has 1 aromatic rings. The Morgan fingerprint density at radius 3 is 2.68 bits per heavy atom. The van der Waals surface area contributed by atoms with Gasteiger partial charge in [-0.05, 0) is 43.0 Å². The Bertz CT molecular complexity index is 427. The molecule has 1 aliphatic rings. The van der Waals surface area contributed by atoms with Crippen molar-refractivity contribution in [2.24, 2.45) is 0 Å². The van der Waals surface area contributed by atoms with Crippen molar-refractivity contribution >= 4 is 0 Å². The lowest BCUT2D eigenvalue weighted by atomic mass is 9.88. The Labute approximate surface area is 116 Å². The minimum atomic E-state index is -0.140. The molecule has 19 heavy (non-hydrogen) atoms. The van der Waals surface area contributed by atoms with Crippen molar-refractivity contribution in [3.8, 4) is 0 Å². The number of halogens is 1. The van der Waals surface area contributed by atoms with E-state index in [-0.39, 0.29) is 11.4 Å². The molecule has 1 aliphatic heterocycles. The number of aryl methyl sites for hydroxylation is 1. The molecule has 3 heteroatoms. The summed E-state index contributed by atoms with van der Waals surface area (Å²) in [5.41, 5.74) is 2.55. The zero-order valence-electron chi connectivity index (χ0n) is 12.3. The first-order valence-corrected chi connectivity index (χ1v) is 7.32. The first kappa shape index (κ1) is 14.5. The molecule has 106 valence electrons. The fourth-order valence-corrected chi connectivity index (χ4v) is 3.12. The summed E-state index contributed by atoms with van der Waals surface area (Å²) >= 11 is 0. The van der Waals surface area contributed by atoms with Crippen LogP contribution >= 0.6 is 0 Å². The topological polar surface area (TPSA) is 15.3 Å². The highest BCUT2D eigenvalue weighted by molar-refractivity contribution is 5.26. The molecule has 0 saturated carbocycles. The van der Waals surface area contributed by atoms with Crippen LogP contribution in [0.4, 0.5) is 4.39 Å². The Morgan fingerprint density at radius 1 is 1.32 bits per heavy atom. The zero-order chi connectivity index (χ0) is 13.9. The van der Waals surface area contributed by atoms with E-state index >= 15 is 0 Å². The molecule has 0 spiro atoms. The van der Waals surface area contributed by atoms with Crippen molar-refractivity contribution in [1.29, 1.82) is 0 Å². The van der Waals surface area contributed by atoms with Gasteiger partial charge in [-0.1, -0.05) is 19.9 Å². The number of rotatable bonds is 4. The lowest BCUT2D eigenvalue weighted by Gasteiger charge is -2.47. The van der Waals surface area contributed by atoms with Crippen LogP contribution in [0.5, 0.6) is 0 Å². The second-order valence-corrected chi connectivity index (χ2v) is 5.60. The summed E-state index contributed by atoms with van der Waals surface area (Å²) in [4.78, 5) is 2.57. The molecule has 0 aliphatic carbocycles. The van der Waals surface area contributed by atoms with Crippen LogP contribution in [0, 0.1) is 12.7 Å². The number of nitrogens with zero attached hydrogens (tertiary/aromatic N) is 1. The molecule has 2 rings (SSSR count). The van der Waals surface area contributed by atoms with Crippen LogP contribution in [0.3, 0.4) is 0 Å². The Morgan fingerprint density at radius 2 is 2.05 bits per heavy atom. The molecule has 1 N–H and O–H groups in total. The summed E-state index contributed by atoms with van der Waals surface area (Å²) in [6.45, 7) is 10.6. The summed E-state index contributed by atoms with van der Waals surface area (Å²) in [7, 11) is 0. The third-order valence-electron chi connectivity index (χ3n) is 4.67. The van der Waals surface area contributed by atoms with E-state index in [2.05, 4.69) is 24.1 Å². The van der Waals surface area contributed by atoms with E-state index in [4.69, 9.17) is 0 Å². The van der Waals surface area contributed by atoms with Crippen molar-refractivity contribution < 1.29 is 4.39 Å². The number of nitrogens with one attached hydrogen (secondary N) is 1. The Balaban J connectivity index is 2.19. The Kier molecular flexibility index (Phi) is 4.58. The van der Waals surface area contributed by atoms with Gasteiger partial charge >= 0.3 is 0 Å². The normalized spacial score (nSPS) is 19.6. The fourth-order valence-electron chi connectivity index (χ4n) is 3.12. The number of hydrogen-bond acceptors (Lipinski definition) is 2. The van der Waals surface area contributed by atoms with Crippen molar-refractivity contribution in [3.63, 3.8) is 0 Å². The molecule has 0 atom stereocenters. The van der Waals surface area contributed by atoms with E-state index in [1.54, 1.807) is 12.1 Å². The highest BCUT2D eigenvalue weighted by Crippen LogP contribution is 2.28. The quantitative estimate of drug-likeness (QED) is 0.899. The van der Waals surface area contributed by atoms with Crippen molar-refractivity contribution in [3.05, 3.63) is 35.1 Å². The molecule has 0 bridgehead atoms. The highest BCUT2D eigenvalue weighted by atomic mass is 19.1. The van der Waals surface area contributed by atoms with E-state index in [0.29, 0.717) is 0 Å². The van der Waals surface area contributed by atoms with Crippen molar-refractivity contribution in [2.75, 3.05) is 19.6 Å². The average molecular weight is 264 g/mol. The summed E-state index contributed by atoms with van der Waals surface area (Å²) in [6.07, 6.45) is 2.30. The first-order chi connectivity index (χ1) is 9.11. The second kappa shape index (κ2) is 6.02. The number of benzene rings is 1. The molecular weight excluding hydrogens is 239 g/mol. The maximum Gasteiger partial charge on any atom is 0.123 e. The maximum absolute atomic E-state index is 13.2. The van der Waals surface area contributed by atoms with Gasteiger partial charge in [0, 0.05) is 31.7 Å². The minimum Gasteiger partial charge on any atom is -0.314 e. The third kappa shape index (κ3) is 2.98. The van der Waals surface area contributed by atoms with Gasteiger partial charge in [0.2, 0.25) is 0 Å². The predicted octanol–water partition coefficient (Wildman–Crippen LogP) is 3.10. The molecule has 0 unspecified atom stereocenters. The van der Waals surface area contributed by atoms with Crippen LogP contribution in [-0.2, 0) is 6.54 Å². The van der Waals surface area contributed by atoms with Gasteiger partial charge < -0.3 is 5.32 Å². The largest absolute Gasteiger partial charge is 0.314 e. The van der Waals surface area contributed by atoms with E-state index < -0.39 is 0 Å². The smallest absolute Gasteiger partial charge is 0.123 e. The van der Waals surface area contributed by atoms with E-state index in [0.717, 1.165) is 44.6 Å². The van der Waals surface area contributed by atoms with E-state index in [1.165, 1.54) is 5.56 Å². The number of piperazine rings is 1. The lowest BCUT2D eigenvalue weighted by molar-refractivity contribution is 0.0446. The third-order valence-corrected chi connectivity index (χ3v) is 4.67. The molecule has 2 nitrogen and oxygen atoms in total. The van der Waals surface area contributed by atoms with Crippen molar-refractivity contribution in [2.45, 2.75) is 45.7 Å². The molecule has 1 aromatic carbocycles. The van der Waals surface area contributed by atoms with E-state index in [1.807, 2.05) is 13.0 Å². The predicted molar refractivity (Wildman–Crippen MR) is 77.7 cm³/mol. The van der Waals surface area contributed by atoms with Crippen LogP contribution < -0.4 is 5.32 Å². The molecule has 1 heterocycles. The van der Waals surface area contributed by atoms with Gasteiger partial charge in [-0.15, -0.1) is 0 Å². The number of hydrogen-bond donors (Lipinski definition) is 1. The first-order valence-electron chi connectivity index (χ1n) is 7.32. The van der Waals surface area contributed by atoms with Gasteiger partial charge in [0.25, 0.3) is 0 Å². The van der Waals surface area contributed by atoms with Crippen LogP contribution in [0.2, 0.25) is 0 Å². The summed E-state index contributed by atoms with van der Waals surface area (Å²) in [5.74, 6) is -0.140. The maximum atomic E-state index is 13.2. The van der Waals surface area contributed by atoms with E-state index in [9.17, 15) is 4.39 Å². The van der Waals surface area contributed by atoms with Crippen LogP contribution in [0.25, 0.3) is 0 Å². The average Bonchev–Trinajstić information content (AvgIpc) is 2.42. The van der Waals surface area contributed by atoms with Crippen LogP contribution in [0.15, 0.2) is 18.2 Å². The fraction of sp³-hybridized carbons (Fsp3) is 0.625. The molecule has 1 saturated heterocycles. The monoisotopic (exact) mass is 264 g/mol.